The molecule has 0 aliphatic carbocycles. The smallest absolute Gasteiger partial charge is 0.00479 e. The van der Waals surface area contributed by atoms with Crippen molar-refractivity contribution in [3.8, 4) is 0 Å². The van der Waals surface area contributed by atoms with Crippen molar-refractivity contribution in [3.05, 3.63) is 0 Å². The van der Waals surface area contributed by atoms with Crippen molar-refractivity contribution in [1.29, 1.82) is 0 Å². The highest BCUT2D eigenvalue weighted by molar-refractivity contribution is 4.65. The fourth-order valence-electron chi connectivity index (χ4n) is 1.74. The molecule has 1 unspecified atom stereocenters. The van der Waals surface area contributed by atoms with E-state index in [0.29, 0.717) is 6.04 Å². The SMILES string of the molecule is CNC(C)CCN(CCC(C)C)CCC(C)C. The number of nitrogens with zero attached hydrogens (tertiary/aromatic N) is 1. The van der Waals surface area contributed by atoms with Gasteiger partial charge < -0.3 is 10.2 Å². The molecule has 0 amide bonds. The average Bonchev–Trinajstić information content (AvgIpc) is 2.26. The van der Waals surface area contributed by atoms with Gasteiger partial charge in [0.05, 0.1) is 0 Å². The third-order valence-electron chi connectivity index (χ3n) is 3.42. The summed E-state index contributed by atoms with van der Waals surface area (Å²) >= 11 is 0. The standard InChI is InChI=1S/C15H34N2/c1-13(2)7-10-17(11-8-14(3)4)12-9-15(5)16-6/h13-16H,7-12H2,1-6H3. The third-order valence-corrected chi connectivity index (χ3v) is 3.42. The monoisotopic (exact) mass is 242 g/mol. The van der Waals surface area contributed by atoms with E-state index < -0.39 is 0 Å². The molecule has 17 heavy (non-hydrogen) atoms. The maximum Gasteiger partial charge on any atom is 0.00479 e. The molecule has 1 atom stereocenters. The van der Waals surface area contributed by atoms with E-state index >= 15 is 0 Å². The molecule has 0 saturated heterocycles. The van der Waals surface area contributed by atoms with E-state index in [1.54, 1.807) is 0 Å². The molecular weight excluding hydrogens is 208 g/mol. The highest BCUT2D eigenvalue weighted by Gasteiger charge is 2.08. The summed E-state index contributed by atoms with van der Waals surface area (Å²) in [6.07, 6.45) is 3.91. The lowest BCUT2D eigenvalue weighted by atomic mass is 10.1. The van der Waals surface area contributed by atoms with Gasteiger partial charge in [-0.1, -0.05) is 27.7 Å². The Morgan fingerprint density at radius 2 is 1.18 bits per heavy atom. The molecule has 0 aliphatic heterocycles. The molecule has 104 valence electrons. The fraction of sp³-hybridized carbons (Fsp3) is 1.00. The Kier molecular flexibility index (Phi) is 9.85. The van der Waals surface area contributed by atoms with Gasteiger partial charge in [0.1, 0.15) is 0 Å². The molecule has 2 nitrogen and oxygen atoms in total. The van der Waals surface area contributed by atoms with Crippen LogP contribution in [0.4, 0.5) is 0 Å². The van der Waals surface area contributed by atoms with Crippen LogP contribution in [-0.4, -0.2) is 37.6 Å². The molecule has 0 aliphatic rings. The number of hydrogen-bond acceptors (Lipinski definition) is 2. The molecule has 0 aromatic heterocycles. The predicted octanol–water partition coefficient (Wildman–Crippen LogP) is 3.38. The highest BCUT2D eigenvalue weighted by atomic mass is 15.1. The molecule has 2 heteroatoms. The fourth-order valence-corrected chi connectivity index (χ4v) is 1.74. The Balaban J connectivity index is 3.92. The van der Waals surface area contributed by atoms with Crippen LogP contribution in [-0.2, 0) is 0 Å². The second-order valence-electron chi connectivity index (χ2n) is 6.19. The Bertz CT molecular complexity index is 154. The molecule has 0 bridgehead atoms. The minimum Gasteiger partial charge on any atom is -0.317 e. The summed E-state index contributed by atoms with van der Waals surface area (Å²) in [4.78, 5) is 2.65. The zero-order chi connectivity index (χ0) is 13.3. The van der Waals surface area contributed by atoms with Crippen LogP contribution < -0.4 is 5.32 Å². The Hall–Kier alpha value is -0.0800. The maximum absolute atomic E-state index is 3.32. The topological polar surface area (TPSA) is 15.3 Å². The zero-order valence-corrected chi connectivity index (χ0v) is 12.9. The Morgan fingerprint density at radius 1 is 0.765 bits per heavy atom. The third kappa shape index (κ3) is 10.8. The van der Waals surface area contributed by atoms with Gasteiger partial charge in [-0.2, -0.15) is 0 Å². The molecule has 1 N–H and O–H groups in total. The predicted molar refractivity (Wildman–Crippen MR) is 78.5 cm³/mol. The first-order valence-corrected chi connectivity index (χ1v) is 7.35. The molecule has 0 fully saturated rings. The molecule has 0 heterocycles. The number of rotatable bonds is 10. The number of hydrogen-bond donors (Lipinski definition) is 1. The van der Waals surface area contributed by atoms with Gasteiger partial charge in [0.2, 0.25) is 0 Å². The van der Waals surface area contributed by atoms with E-state index in [-0.39, 0.29) is 0 Å². The Labute approximate surface area is 109 Å². The van der Waals surface area contributed by atoms with Crippen LogP contribution in [0.2, 0.25) is 0 Å². The van der Waals surface area contributed by atoms with Gasteiger partial charge in [0.25, 0.3) is 0 Å². The van der Waals surface area contributed by atoms with E-state index in [0.717, 1.165) is 11.8 Å². The molecule has 0 aromatic carbocycles. The largest absolute Gasteiger partial charge is 0.317 e. The lowest BCUT2D eigenvalue weighted by molar-refractivity contribution is 0.233. The Morgan fingerprint density at radius 3 is 1.53 bits per heavy atom. The molecule has 0 rings (SSSR count). The summed E-state index contributed by atoms with van der Waals surface area (Å²) in [6, 6.07) is 0.635. The van der Waals surface area contributed by atoms with Crippen molar-refractivity contribution >= 4 is 0 Å². The average molecular weight is 242 g/mol. The van der Waals surface area contributed by atoms with E-state index in [2.05, 4.69) is 51.9 Å². The van der Waals surface area contributed by atoms with E-state index in [9.17, 15) is 0 Å². The van der Waals surface area contributed by atoms with Crippen LogP contribution >= 0.6 is 0 Å². The van der Waals surface area contributed by atoms with Gasteiger partial charge in [0, 0.05) is 6.04 Å². The first-order valence-electron chi connectivity index (χ1n) is 7.35. The van der Waals surface area contributed by atoms with Crippen molar-refractivity contribution in [2.75, 3.05) is 26.7 Å². The summed E-state index contributed by atoms with van der Waals surface area (Å²) < 4.78 is 0. The van der Waals surface area contributed by atoms with Crippen molar-refractivity contribution < 1.29 is 0 Å². The van der Waals surface area contributed by atoms with E-state index in [1.807, 2.05) is 0 Å². The minimum absolute atomic E-state index is 0.635. The maximum atomic E-state index is 3.32. The van der Waals surface area contributed by atoms with Crippen LogP contribution in [0.25, 0.3) is 0 Å². The van der Waals surface area contributed by atoms with E-state index in [4.69, 9.17) is 0 Å². The first kappa shape index (κ1) is 16.9. The van der Waals surface area contributed by atoms with Crippen LogP contribution in [0, 0.1) is 11.8 Å². The molecule has 0 spiro atoms. The van der Waals surface area contributed by atoms with Gasteiger partial charge in [-0.05, 0) is 64.7 Å². The van der Waals surface area contributed by atoms with Crippen molar-refractivity contribution in [2.45, 2.75) is 59.9 Å². The summed E-state index contributed by atoms with van der Waals surface area (Å²) in [7, 11) is 2.05. The van der Waals surface area contributed by atoms with Gasteiger partial charge in [-0.3, -0.25) is 0 Å². The molecular formula is C15H34N2. The summed E-state index contributed by atoms with van der Waals surface area (Å²) in [5.41, 5.74) is 0. The zero-order valence-electron chi connectivity index (χ0n) is 12.9. The highest BCUT2D eigenvalue weighted by Crippen LogP contribution is 2.07. The first-order chi connectivity index (χ1) is 7.95. The normalized spacial score (nSPS) is 13.9. The van der Waals surface area contributed by atoms with Gasteiger partial charge in [0.15, 0.2) is 0 Å². The van der Waals surface area contributed by atoms with Crippen molar-refractivity contribution in [3.63, 3.8) is 0 Å². The quantitative estimate of drug-likeness (QED) is 0.632. The number of nitrogens with one attached hydrogen (secondary N) is 1. The second kappa shape index (κ2) is 9.90. The lowest BCUT2D eigenvalue weighted by Gasteiger charge is -2.25. The van der Waals surface area contributed by atoms with E-state index in [1.165, 1.54) is 38.9 Å². The molecule has 0 saturated carbocycles. The van der Waals surface area contributed by atoms with Crippen LogP contribution in [0.5, 0.6) is 0 Å². The van der Waals surface area contributed by atoms with Gasteiger partial charge >= 0.3 is 0 Å². The minimum atomic E-state index is 0.635. The second-order valence-corrected chi connectivity index (χ2v) is 6.19. The van der Waals surface area contributed by atoms with Gasteiger partial charge in [-0.15, -0.1) is 0 Å². The van der Waals surface area contributed by atoms with Crippen molar-refractivity contribution in [2.24, 2.45) is 11.8 Å². The molecule has 0 aromatic rings. The van der Waals surface area contributed by atoms with Crippen LogP contribution in [0.3, 0.4) is 0 Å². The summed E-state index contributed by atoms with van der Waals surface area (Å²) in [5, 5.41) is 3.32. The van der Waals surface area contributed by atoms with Gasteiger partial charge in [-0.25, -0.2) is 0 Å². The summed E-state index contributed by atoms with van der Waals surface area (Å²) in [5.74, 6) is 1.64. The van der Waals surface area contributed by atoms with Crippen LogP contribution in [0.1, 0.15) is 53.9 Å². The van der Waals surface area contributed by atoms with Crippen molar-refractivity contribution in [1.82, 2.24) is 10.2 Å². The van der Waals surface area contributed by atoms with Crippen LogP contribution in [0.15, 0.2) is 0 Å². The molecule has 0 radical (unpaired) electrons. The summed E-state index contributed by atoms with van der Waals surface area (Å²) in [6.45, 7) is 15.3. The lowest BCUT2D eigenvalue weighted by Crippen LogP contribution is -2.33.